The number of hydrogen-bond acceptors (Lipinski definition) is 2. The highest BCUT2D eigenvalue weighted by molar-refractivity contribution is 5.34. The molecule has 18 heavy (non-hydrogen) atoms. The van der Waals surface area contributed by atoms with Gasteiger partial charge in [0.1, 0.15) is 0 Å². The Morgan fingerprint density at radius 3 is 2.78 bits per heavy atom. The van der Waals surface area contributed by atoms with Gasteiger partial charge in [-0.25, -0.2) is 0 Å². The SMILES string of the molecule is CC(NC1CCc2ccccc21)c1ccncc1. The molecule has 1 N–H and O–H groups in total. The van der Waals surface area contributed by atoms with Gasteiger partial charge in [-0.1, -0.05) is 24.3 Å². The largest absolute Gasteiger partial charge is 0.303 e. The Bertz CT molecular complexity index is 522. The summed E-state index contributed by atoms with van der Waals surface area (Å²) in [5.74, 6) is 0. The molecule has 0 amide bonds. The van der Waals surface area contributed by atoms with Gasteiger partial charge in [-0.3, -0.25) is 4.98 Å². The van der Waals surface area contributed by atoms with Gasteiger partial charge in [-0.05, 0) is 48.6 Å². The highest BCUT2D eigenvalue weighted by Crippen LogP contribution is 2.32. The molecule has 0 spiro atoms. The van der Waals surface area contributed by atoms with Crippen molar-refractivity contribution in [2.45, 2.75) is 31.8 Å². The first-order valence-corrected chi connectivity index (χ1v) is 6.58. The van der Waals surface area contributed by atoms with Crippen LogP contribution in [0.3, 0.4) is 0 Å². The molecule has 2 atom stereocenters. The summed E-state index contributed by atoms with van der Waals surface area (Å²) in [7, 11) is 0. The van der Waals surface area contributed by atoms with E-state index >= 15 is 0 Å². The number of pyridine rings is 1. The molecule has 0 fully saturated rings. The lowest BCUT2D eigenvalue weighted by Gasteiger charge is -2.20. The minimum Gasteiger partial charge on any atom is -0.303 e. The molecule has 1 aromatic carbocycles. The molecule has 0 bridgehead atoms. The van der Waals surface area contributed by atoms with Crippen LogP contribution < -0.4 is 5.32 Å². The van der Waals surface area contributed by atoms with Crippen LogP contribution in [0.2, 0.25) is 0 Å². The number of fused-ring (bicyclic) bond motifs is 1. The number of rotatable bonds is 3. The lowest BCUT2D eigenvalue weighted by Crippen LogP contribution is -2.22. The van der Waals surface area contributed by atoms with E-state index in [1.165, 1.54) is 29.5 Å². The van der Waals surface area contributed by atoms with E-state index in [9.17, 15) is 0 Å². The molecule has 92 valence electrons. The molecule has 0 saturated carbocycles. The van der Waals surface area contributed by atoms with Crippen LogP contribution in [0.15, 0.2) is 48.8 Å². The summed E-state index contributed by atoms with van der Waals surface area (Å²) in [6.07, 6.45) is 6.11. The van der Waals surface area contributed by atoms with Crippen LogP contribution in [0.25, 0.3) is 0 Å². The molecule has 2 nitrogen and oxygen atoms in total. The Morgan fingerprint density at radius 2 is 1.94 bits per heavy atom. The number of nitrogens with zero attached hydrogens (tertiary/aromatic N) is 1. The van der Waals surface area contributed by atoms with E-state index in [-0.39, 0.29) is 0 Å². The van der Waals surface area contributed by atoms with Gasteiger partial charge in [-0.2, -0.15) is 0 Å². The Balaban J connectivity index is 1.75. The van der Waals surface area contributed by atoms with Crippen LogP contribution >= 0.6 is 0 Å². The maximum Gasteiger partial charge on any atom is 0.0331 e. The van der Waals surface area contributed by atoms with E-state index in [0.717, 1.165) is 0 Å². The summed E-state index contributed by atoms with van der Waals surface area (Å²) in [6.45, 7) is 2.22. The summed E-state index contributed by atoms with van der Waals surface area (Å²) in [5, 5.41) is 3.72. The second-order valence-corrected chi connectivity index (χ2v) is 4.96. The van der Waals surface area contributed by atoms with Gasteiger partial charge in [0.25, 0.3) is 0 Å². The Hall–Kier alpha value is -1.67. The van der Waals surface area contributed by atoms with Crippen molar-refractivity contribution in [2.24, 2.45) is 0 Å². The maximum atomic E-state index is 4.07. The Kier molecular flexibility index (Phi) is 3.11. The van der Waals surface area contributed by atoms with Gasteiger partial charge in [0, 0.05) is 24.5 Å². The summed E-state index contributed by atoms with van der Waals surface area (Å²) in [5.41, 5.74) is 4.27. The Labute approximate surface area is 108 Å². The molecule has 1 aliphatic rings. The molecular weight excluding hydrogens is 220 g/mol. The second kappa shape index (κ2) is 4.91. The average Bonchev–Trinajstić information content (AvgIpc) is 2.83. The van der Waals surface area contributed by atoms with Crippen molar-refractivity contribution in [3.63, 3.8) is 0 Å². The monoisotopic (exact) mass is 238 g/mol. The van der Waals surface area contributed by atoms with Gasteiger partial charge >= 0.3 is 0 Å². The van der Waals surface area contributed by atoms with Crippen LogP contribution in [0.5, 0.6) is 0 Å². The average molecular weight is 238 g/mol. The predicted molar refractivity (Wildman–Crippen MR) is 73.3 cm³/mol. The second-order valence-electron chi connectivity index (χ2n) is 4.96. The minimum absolute atomic E-state index is 0.365. The summed E-state index contributed by atoms with van der Waals surface area (Å²) in [6, 6.07) is 13.8. The van der Waals surface area contributed by atoms with Crippen LogP contribution in [-0.2, 0) is 6.42 Å². The first-order valence-electron chi connectivity index (χ1n) is 6.58. The van der Waals surface area contributed by atoms with Crippen LogP contribution in [-0.4, -0.2) is 4.98 Å². The third-order valence-corrected chi connectivity index (χ3v) is 3.79. The first kappa shape index (κ1) is 11.4. The lowest BCUT2D eigenvalue weighted by atomic mass is 10.1. The minimum atomic E-state index is 0.365. The molecule has 3 rings (SSSR count). The molecule has 0 aliphatic heterocycles. The first-order chi connectivity index (χ1) is 8.84. The molecular formula is C16H18N2. The molecule has 0 saturated heterocycles. The van der Waals surface area contributed by atoms with E-state index in [0.29, 0.717) is 12.1 Å². The van der Waals surface area contributed by atoms with Crippen molar-refractivity contribution in [3.8, 4) is 0 Å². The number of nitrogens with one attached hydrogen (secondary N) is 1. The van der Waals surface area contributed by atoms with Crippen LogP contribution in [0, 0.1) is 0 Å². The van der Waals surface area contributed by atoms with Crippen molar-refractivity contribution in [1.29, 1.82) is 0 Å². The smallest absolute Gasteiger partial charge is 0.0331 e. The van der Waals surface area contributed by atoms with Gasteiger partial charge in [0.2, 0.25) is 0 Å². The lowest BCUT2D eigenvalue weighted by molar-refractivity contribution is 0.465. The van der Waals surface area contributed by atoms with Crippen molar-refractivity contribution in [3.05, 3.63) is 65.5 Å². The van der Waals surface area contributed by atoms with Crippen molar-refractivity contribution < 1.29 is 0 Å². The van der Waals surface area contributed by atoms with Crippen molar-refractivity contribution >= 4 is 0 Å². The van der Waals surface area contributed by atoms with Crippen molar-refractivity contribution in [1.82, 2.24) is 10.3 Å². The Morgan fingerprint density at radius 1 is 1.17 bits per heavy atom. The highest BCUT2D eigenvalue weighted by atomic mass is 15.0. The van der Waals surface area contributed by atoms with Crippen LogP contribution in [0.4, 0.5) is 0 Å². The van der Waals surface area contributed by atoms with Crippen LogP contribution in [0.1, 0.15) is 42.1 Å². The van der Waals surface area contributed by atoms with E-state index < -0.39 is 0 Å². The van der Waals surface area contributed by atoms with E-state index in [1.54, 1.807) is 0 Å². The summed E-state index contributed by atoms with van der Waals surface area (Å²) in [4.78, 5) is 4.07. The van der Waals surface area contributed by atoms with Gasteiger partial charge in [0.15, 0.2) is 0 Å². The molecule has 2 unspecified atom stereocenters. The molecule has 0 radical (unpaired) electrons. The zero-order valence-electron chi connectivity index (χ0n) is 10.6. The van der Waals surface area contributed by atoms with E-state index in [2.05, 4.69) is 53.6 Å². The van der Waals surface area contributed by atoms with Gasteiger partial charge in [-0.15, -0.1) is 0 Å². The fourth-order valence-electron chi connectivity index (χ4n) is 2.78. The topological polar surface area (TPSA) is 24.9 Å². The fraction of sp³-hybridized carbons (Fsp3) is 0.312. The predicted octanol–water partition coefficient (Wildman–Crippen LogP) is 3.42. The number of aromatic nitrogens is 1. The molecule has 2 aromatic rings. The fourth-order valence-corrected chi connectivity index (χ4v) is 2.78. The molecule has 2 heteroatoms. The number of hydrogen-bond donors (Lipinski definition) is 1. The van der Waals surface area contributed by atoms with Gasteiger partial charge in [0.05, 0.1) is 0 Å². The van der Waals surface area contributed by atoms with E-state index in [4.69, 9.17) is 0 Å². The number of aryl methyl sites for hydroxylation is 1. The third kappa shape index (κ3) is 2.16. The third-order valence-electron chi connectivity index (χ3n) is 3.79. The van der Waals surface area contributed by atoms with Crippen molar-refractivity contribution in [2.75, 3.05) is 0 Å². The van der Waals surface area contributed by atoms with Gasteiger partial charge < -0.3 is 5.32 Å². The zero-order valence-corrected chi connectivity index (χ0v) is 10.6. The normalized spacial score (nSPS) is 19.5. The quantitative estimate of drug-likeness (QED) is 0.886. The molecule has 1 aliphatic carbocycles. The summed E-state index contributed by atoms with van der Waals surface area (Å²) < 4.78 is 0. The number of benzene rings is 1. The van der Waals surface area contributed by atoms with E-state index in [1.807, 2.05) is 12.4 Å². The summed E-state index contributed by atoms with van der Waals surface area (Å²) >= 11 is 0. The maximum absolute atomic E-state index is 4.07. The zero-order chi connectivity index (χ0) is 12.4. The highest BCUT2D eigenvalue weighted by Gasteiger charge is 2.23. The molecule has 1 heterocycles. The molecule has 1 aromatic heterocycles. The standard InChI is InChI=1S/C16H18N2/c1-12(13-8-10-17-11-9-13)18-16-7-6-14-4-2-3-5-15(14)16/h2-5,8-12,16,18H,6-7H2,1H3.